The molecule has 0 spiro atoms. The van der Waals surface area contributed by atoms with E-state index in [0.29, 0.717) is 5.82 Å². The number of benzene rings is 1. The average molecular weight is 271 g/mol. The molecule has 5 nitrogen and oxygen atoms in total. The van der Waals surface area contributed by atoms with Crippen LogP contribution in [0.3, 0.4) is 0 Å². The molecule has 0 fully saturated rings. The van der Waals surface area contributed by atoms with Gasteiger partial charge < -0.3 is 16.0 Å². The summed E-state index contributed by atoms with van der Waals surface area (Å²) in [5.74, 6) is 1.95. The van der Waals surface area contributed by atoms with Gasteiger partial charge in [-0.05, 0) is 24.6 Å². The van der Waals surface area contributed by atoms with Crippen LogP contribution in [0.2, 0.25) is 0 Å². The zero-order valence-electron chi connectivity index (χ0n) is 12.4. The fraction of sp³-hybridized carbons (Fsp3) is 0.333. The molecule has 3 N–H and O–H groups in total. The number of nitrogens with two attached hydrogens (primary N) is 1. The molecule has 0 aliphatic rings. The van der Waals surface area contributed by atoms with Crippen LogP contribution in [0.5, 0.6) is 0 Å². The molecule has 0 bridgehead atoms. The molecule has 20 heavy (non-hydrogen) atoms. The Morgan fingerprint density at radius 3 is 2.60 bits per heavy atom. The highest BCUT2D eigenvalue weighted by Crippen LogP contribution is 2.24. The number of nitrogens with one attached hydrogen (secondary N) is 1. The second-order valence-corrected chi connectivity index (χ2v) is 4.97. The SMILES string of the molecule is CCc1nc(N)cc(Nc2ccc(C)c(N(C)C)c2)n1. The summed E-state index contributed by atoms with van der Waals surface area (Å²) >= 11 is 0. The van der Waals surface area contributed by atoms with Crippen molar-refractivity contribution in [2.45, 2.75) is 20.3 Å². The second-order valence-electron chi connectivity index (χ2n) is 4.97. The van der Waals surface area contributed by atoms with E-state index in [0.717, 1.165) is 23.8 Å². The minimum atomic E-state index is 0.485. The highest BCUT2D eigenvalue weighted by Gasteiger charge is 2.05. The first kappa shape index (κ1) is 14.1. The highest BCUT2D eigenvalue weighted by molar-refractivity contribution is 5.66. The van der Waals surface area contributed by atoms with Crippen LogP contribution in [0.4, 0.5) is 23.0 Å². The molecule has 0 radical (unpaired) electrons. The van der Waals surface area contributed by atoms with Gasteiger partial charge in [-0.1, -0.05) is 13.0 Å². The summed E-state index contributed by atoms with van der Waals surface area (Å²) in [6.07, 6.45) is 0.760. The Bertz CT molecular complexity index is 607. The highest BCUT2D eigenvalue weighted by atomic mass is 15.1. The zero-order chi connectivity index (χ0) is 14.7. The lowest BCUT2D eigenvalue weighted by molar-refractivity contribution is 0.948. The lowest BCUT2D eigenvalue weighted by Gasteiger charge is -2.17. The zero-order valence-corrected chi connectivity index (χ0v) is 12.4. The van der Waals surface area contributed by atoms with E-state index in [4.69, 9.17) is 5.73 Å². The Hall–Kier alpha value is -2.30. The molecule has 0 unspecified atom stereocenters. The minimum absolute atomic E-state index is 0.485. The van der Waals surface area contributed by atoms with Crippen LogP contribution in [0.1, 0.15) is 18.3 Å². The van der Waals surface area contributed by atoms with Gasteiger partial charge in [0.1, 0.15) is 17.5 Å². The van der Waals surface area contributed by atoms with Gasteiger partial charge in [-0.25, -0.2) is 9.97 Å². The van der Waals surface area contributed by atoms with Crippen LogP contribution in [0, 0.1) is 6.92 Å². The smallest absolute Gasteiger partial charge is 0.136 e. The van der Waals surface area contributed by atoms with E-state index in [1.165, 1.54) is 11.3 Å². The summed E-state index contributed by atoms with van der Waals surface area (Å²) in [5.41, 5.74) is 9.18. The molecule has 0 aliphatic carbocycles. The Balaban J connectivity index is 2.30. The van der Waals surface area contributed by atoms with E-state index in [9.17, 15) is 0 Å². The molecule has 106 valence electrons. The van der Waals surface area contributed by atoms with E-state index in [1.807, 2.05) is 27.1 Å². The Morgan fingerprint density at radius 1 is 1.20 bits per heavy atom. The third kappa shape index (κ3) is 3.17. The van der Waals surface area contributed by atoms with Crippen molar-refractivity contribution in [1.29, 1.82) is 0 Å². The average Bonchev–Trinajstić information content (AvgIpc) is 2.40. The van der Waals surface area contributed by atoms with Crippen LogP contribution in [0.25, 0.3) is 0 Å². The molecule has 0 aliphatic heterocycles. The predicted octanol–water partition coefficient (Wildman–Crippen LogP) is 2.74. The topological polar surface area (TPSA) is 67.1 Å². The summed E-state index contributed by atoms with van der Waals surface area (Å²) in [6, 6.07) is 7.96. The van der Waals surface area contributed by atoms with E-state index in [-0.39, 0.29) is 0 Å². The maximum atomic E-state index is 5.79. The standard InChI is InChI=1S/C15H21N5/c1-5-14-18-13(16)9-15(19-14)17-11-7-6-10(2)12(8-11)20(3)4/h6-9H,5H2,1-4H3,(H3,16,17,18,19). The Morgan fingerprint density at radius 2 is 1.95 bits per heavy atom. The normalized spacial score (nSPS) is 10.4. The third-order valence-electron chi connectivity index (χ3n) is 3.07. The van der Waals surface area contributed by atoms with Crippen molar-refractivity contribution in [1.82, 2.24) is 9.97 Å². The number of anilines is 4. The first-order valence-corrected chi connectivity index (χ1v) is 6.68. The first-order chi connectivity index (χ1) is 9.49. The van der Waals surface area contributed by atoms with E-state index in [2.05, 4.69) is 39.2 Å². The van der Waals surface area contributed by atoms with Crippen LogP contribution in [-0.4, -0.2) is 24.1 Å². The summed E-state index contributed by atoms with van der Waals surface area (Å²) < 4.78 is 0. The van der Waals surface area contributed by atoms with Gasteiger partial charge in [-0.2, -0.15) is 0 Å². The van der Waals surface area contributed by atoms with Gasteiger partial charge in [0, 0.05) is 38.0 Å². The Kier molecular flexibility index (Phi) is 4.08. The van der Waals surface area contributed by atoms with Gasteiger partial charge in [0.2, 0.25) is 0 Å². The van der Waals surface area contributed by atoms with Gasteiger partial charge >= 0.3 is 0 Å². The summed E-state index contributed by atoms with van der Waals surface area (Å²) in [5, 5.41) is 3.28. The number of aryl methyl sites for hydroxylation is 2. The van der Waals surface area contributed by atoms with Gasteiger partial charge in [-0.15, -0.1) is 0 Å². The number of hydrogen-bond acceptors (Lipinski definition) is 5. The number of hydrogen-bond donors (Lipinski definition) is 2. The number of rotatable bonds is 4. The van der Waals surface area contributed by atoms with Crippen LogP contribution >= 0.6 is 0 Å². The van der Waals surface area contributed by atoms with Crippen molar-refractivity contribution >= 4 is 23.0 Å². The van der Waals surface area contributed by atoms with Gasteiger partial charge in [0.25, 0.3) is 0 Å². The lowest BCUT2D eigenvalue weighted by atomic mass is 10.1. The van der Waals surface area contributed by atoms with Crippen molar-refractivity contribution in [3.63, 3.8) is 0 Å². The van der Waals surface area contributed by atoms with Crippen molar-refractivity contribution in [2.75, 3.05) is 30.0 Å². The molecule has 2 aromatic rings. The van der Waals surface area contributed by atoms with Crippen LogP contribution < -0.4 is 16.0 Å². The maximum Gasteiger partial charge on any atom is 0.136 e. The molecular weight excluding hydrogens is 250 g/mol. The molecule has 0 saturated heterocycles. The van der Waals surface area contributed by atoms with Crippen molar-refractivity contribution in [3.05, 3.63) is 35.7 Å². The summed E-state index contributed by atoms with van der Waals surface area (Å²) in [7, 11) is 4.06. The van der Waals surface area contributed by atoms with Gasteiger partial charge in [0.15, 0.2) is 0 Å². The lowest BCUT2D eigenvalue weighted by Crippen LogP contribution is -2.10. The molecule has 0 saturated carbocycles. The van der Waals surface area contributed by atoms with E-state index >= 15 is 0 Å². The van der Waals surface area contributed by atoms with Crippen molar-refractivity contribution in [3.8, 4) is 0 Å². The Labute approximate surface area is 119 Å². The van der Waals surface area contributed by atoms with Crippen LogP contribution in [0.15, 0.2) is 24.3 Å². The fourth-order valence-electron chi connectivity index (χ4n) is 2.06. The third-order valence-corrected chi connectivity index (χ3v) is 3.07. The van der Waals surface area contributed by atoms with E-state index in [1.54, 1.807) is 6.07 Å². The quantitative estimate of drug-likeness (QED) is 0.895. The summed E-state index contributed by atoms with van der Waals surface area (Å²) in [6.45, 7) is 4.10. The number of nitrogens with zero attached hydrogens (tertiary/aromatic N) is 3. The molecule has 2 rings (SSSR count). The molecule has 1 aromatic heterocycles. The van der Waals surface area contributed by atoms with Crippen LogP contribution in [-0.2, 0) is 6.42 Å². The minimum Gasteiger partial charge on any atom is -0.384 e. The first-order valence-electron chi connectivity index (χ1n) is 6.68. The largest absolute Gasteiger partial charge is 0.384 e. The molecule has 0 atom stereocenters. The fourth-order valence-corrected chi connectivity index (χ4v) is 2.06. The molecule has 1 aromatic carbocycles. The maximum absolute atomic E-state index is 5.79. The predicted molar refractivity (Wildman–Crippen MR) is 84.6 cm³/mol. The molecule has 5 heteroatoms. The van der Waals surface area contributed by atoms with Gasteiger partial charge in [0.05, 0.1) is 0 Å². The summed E-state index contributed by atoms with van der Waals surface area (Å²) in [4.78, 5) is 10.7. The molecule has 1 heterocycles. The molecular formula is C15H21N5. The second kappa shape index (κ2) is 5.77. The van der Waals surface area contributed by atoms with Gasteiger partial charge in [-0.3, -0.25) is 0 Å². The van der Waals surface area contributed by atoms with Crippen molar-refractivity contribution < 1.29 is 0 Å². The van der Waals surface area contributed by atoms with Crippen molar-refractivity contribution in [2.24, 2.45) is 0 Å². The monoisotopic (exact) mass is 271 g/mol. The van der Waals surface area contributed by atoms with E-state index < -0.39 is 0 Å². The number of aromatic nitrogens is 2. The number of nitrogen functional groups attached to an aromatic ring is 1. The molecule has 0 amide bonds.